The Kier molecular flexibility index (Phi) is 3.46. The summed E-state index contributed by atoms with van der Waals surface area (Å²) in [4.78, 5) is 0. The molecule has 0 aliphatic heterocycles. The Hall–Kier alpha value is -7.62. The normalized spacial score (nSPS) is 18.0. The molecule has 0 bridgehead atoms. The summed E-state index contributed by atoms with van der Waals surface area (Å²) in [5, 5.41) is -1.60. The van der Waals surface area contributed by atoms with E-state index in [0.29, 0.717) is 16.5 Å². The molecule has 0 unspecified atom stereocenters. The maximum atomic E-state index is 10.1. The minimum absolute atomic E-state index is 0.0247. The van der Waals surface area contributed by atoms with Gasteiger partial charge in [0, 0.05) is 38.1 Å². The molecule has 12 aromatic rings. The highest BCUT2D eigenvalue weighted by Crippen LogP contribution is 2.43. The smallest absolute Gasteiger partial charge is 0.143 e. The van der Waals surface area contributed by atoms with E-state index in [1.54, 1.807) is 36.4 Å². The number of nitrogens with zero attached hydrogens (tertiary/aromatic N) is 2. The van der Waals surface area contributed by atoms with E-state index in [-0.39, 0.29) is 39.8 Å². The lowest BCUT2D eigenvalue weighted by Gasteiger charge is -2.14. The number of para-hydroxylation sites is 4. The van der Waals surface area contributed by atoms with E-state index in [1.165, 1.54) is 18.2 Å². The van der Waals surface area contributed by atoms with Gasteiger partial charge in [0.2, 0.25) is 0 Å². The first kappa shape index (κ1) is 15.9. The Morgan fingerprint density at radius 2 is 0.982 bits per heavy atom. The van der Waals surface area contributed by atoms with Crippen LogP contribution in [0.25, 0.3) is 110 Å². The molecule has 266 valence electrons. The van der Waals surface area contributed by atoms with Crippen LogP contribution in [0.4, 0.5) is 0 Å². The molecule has 0 fully saturated rings. The zero-order valence-electron chi connectivity index (χ0n) is 54.0. The Bertz CT molecular complexity index is 4960. The van der Waals surface area contributed by atoms with Crippen molar-refractivity contribution in [3.05, 3.63) is 206 Å². The monoisotopic (exact) mass is 751 g/mol. The average molecular weight is 752 g/mol. The zero-order chi connectivity index (χ0) is 59.2. The first-order chi connectivity index (χ1) is 38.7. The number of hydrogen-bond donors (Lipinski definition) is 0. The quantitative estimate of drug-likeness (QED) is 0.172. The van der Waals surface area contributed by atoms with Crippen LogP contribution in [-0.4, -0.2) is 9.13 Å². The Balaban J connectivity index is 1.26. The van der Waals surface area contributed by atoms with Crippen LogP contribution in [0.15, 0.2) is 210 Å². The standard InChI is InChI=1S/C54H34N2O/c1-3-15-35(16-4-1)39-19-7-10-24-46(39)55-47-25-11-8-20-41(47)44-33-37(29-31-49(44)55)38-30-32-50-45(34-38)42-21-9-12-26-48(42)56(50)51-27-14-28-52-53(51)43-23-13-22-40(54(43)57-52)36-17-5-2-6-18-36/h1-34H/i1D,3D,4D,7D,8D,9D,10D,11D,12D,13D,15D,16D,19D,20D,21D,24D,25D,26D,27D,29D,30D,31D,32D,33D,34D. The summed E-state index contributed by atoms with van der Waals surface area (Å²) in [6.07, 6.45) is 0. The van der Waals surface area contributed by atoms with E-state index in [4.69, 9.17) is 22.2 Å². The molecule has 12 rings (SSSR count). The molecule has 3 aromatic heterocycles. The van der Waals surface area contributed by atoms with Crippen LogP contribution in [-0.2, 0) is 0 Å². The first-order valence-corrected chi connectivity index (χ1v) is 17.5. The molecule has 9 aromatic carbocycles. The molecule has 0 radical (unpaired) electrons. The second-order valence-corrected chi connectivity index (χ2v) is 12.9. The van der Waals surface area contributed by atoms with Gasteiger partial charge < -0.3 is 13.6 Å². The fourth-order valence-corrected chi connectivity index (χ4v) is 7.47. The molecule has 3 heteroatoms. The summed E-state index contributed by atoms with van der Waals surface area (Å²) in [7, 11) is 0. The summed E-state index contributed by atoms with van der Waals surface area (Å²) >= 11 is 0. The largest absolute Gasteiger partial charge is 0.455 e. The van der Waals surface area contributed by atoms with Gasteiger partial charge in [-0.15, -0.1) is 0 Å². The van der Waals surface area contributed by atoms with Crippen molar-refractivity contribution in [1.29, 1.82) is 0 Å². The molecule has 57 heavy (non-hydrogen) atoms. The minimum atomic E-state index is -1.02. The molecule has 0 saturated heterocycles. The van der Waals surface area contributed by atoms with Gasteiger partial charge in [-0.1, -0.05) is 151 Å². The molecular formula is C54H34N2O. The van der Waals surface area contributed by atoms with Gasteiger partial charge in [0.25, 0.3) is 0 Å². The second kappa shape index (κ2) is 12.5. The van der Waals surface area contributed by atoms with Gasteiger partial charge >= 0.3 is 0 Å². The van der Waals surface area contributed by atoms with E-state index >= 15 is 0 Å². The Morgan fingerprint density at radius 1 is 0.368 bits per heavy atom. The Morgan fingerprint density at radius 3 is 1.70 bits per heavy atom. The summed E-state index contributed by atoms with van der Waals surface area (Å²) in [6, 6.07) is -5.97. The third kappa shape index (κ3) is 4.79. The predicted octanol–water partition coefficient (Wildman–Crippen LogP) is 14.8. The second-order valence-electron chi connectivity index (χ2n) is 12.9. The number of rotatable bonds is 5. The summed E-state index contributed by atoms with van der Waals surface area (Å²) in [5.41, 5.74) is -4.52. The van der Waals surface area contributed by atoms with Crippen molar-refractivity contribution in [2.75, 3.05) is 0 Å². The lowest BCUT2D eigenvalue weighted by molar-refractivity contribution is 0.670. The van der Waals surface area contributed by atoms with E-state index < -0.39 is 205 Å². The number of hydrogen-bond acceptors (Lipinski definition) is 1. The highest BCUT2D eigenvalue weighted by atomic mass is 16.3. The van der Waals surface area contributed by atoms with Gasteiger partial charge in [0.1, 0.15) is 11.2 Å². The van der Waals surface area contributed by atoms with Crippen LogP contribution >= 0.6 is 0 Å². The summed E-state index contributed by atoms with van der Waals surface area (Å²) < 4.78 is 238. The third-order valence-electron chi connectivity index (χ3n) is 9.88. The average Bonchev–Trinajstić information content (AvgIpc) is 3.82. The predicted molar refractivity (Wildman–Crippen MR) is 239 cm³/mol. The van der Waals surface area contributed by atoms with E-state index in [0.717, 1.165) is 9.13 Å². The topological polar surface area (TPSA) is 23.0 Å². The van der Waals surface area contributed by atoms with Gasteiger partial charge in [-0.05, 0) is 76.7 Å². The van der Waals surface area contributed by atoms with E-state index in [1.807, 2.05) is 0 Å². The van der Waals surface area contributed by atoms with Gasteiger partial charge in [-0.3, -0.25) is 0 Å². The van der Waals surface area contributed by atoms with Gasteiger partial charge in [0.05, 0.1) is 73.1 Å². The molecule has 0 spiro atoms. The molecule has 0 N–H and O–H groups in total. The molecule has 0 atom stereocenters. The molecule has 0 aliphatic carbocycles. The number of furan rings is 1. The number of fused-ring (bicyclic) bond motifs is 9. The zero-order valence-corrected chi connectivity index (χ0v) is 29.0. The maximum absolute atomic E-state index is 10.1. The molecule has 0 saturated carbocycles. The highest BCUT2D eigenvalue weighted by Gasteiger charge is 2.21. The van der Waals surface area contributed by atoms with Crippen LogP contribution in [0, 0.1) is 0 Å². The summed E-state index contributed by atoms with van der Waals surface area (Å²) in [6.45, 7) is 0. The van der Waals surface area contributed by atoms with Crippen molar-refractivity contribution in [1.82, 2.24) is 9.13 Å². The lowest BCUT2D eigenvalue weighted by Crippen LogP contribution is -1.97. The molecule has 0 aliphatic rings. The van der Waals surface area contributed by atoms with Crippen molar-refractivity contribution < 1.29 is 38.7 Å². The van der Waals surface area contributed by atoms with E-state index in [2.05, 4.69) is 0 Å². The molecule has 3 nitrogen and oxygen atoms in total. The van der Waals surface area contributed by atoms with Crippen molar-refractivity contribution in [2.24, 2.45) is 0 Å². The number of aromatic nitrogens is 2. The SMILES string of the molecule is [2H]c1cc(-c2ccccc2)c2oc3ccc([2H])c(-n4c5c([2H])c([2H])c([2H])c([2H])c5c5c([2H])c(-c6c([2H])c([2H])c7c(c6[2H])c6c([2H])c([2H])c([2H])c([2H])c6n7-c6c([2H])c([2H])c([2H])c([2H])c6-c6c([2H])c([2H])c([2H])c([2H])c6[2H])c([2H])c([2H])c54)c3c2c1. The Labute approximate surface area is 364 Å². The van der Waals surface area contributed by atoms with Crippen molar-refractivity contribution in [2.45, 2.75) is 0 Å². The molecule has 3 heterocycles. The molecule has 0 amide bonds. The van der Waals surface area contributed by atoms with Gasteiger partial charge in [-0.2, -0.15) is 0 Å². The van der Waals surface area contributed by atoms with Crippen LogP contribution in [0.3, 0.4) is 0 Å². The third-order valence-corrected chi connectivity index (χ3v) is 9.88. The minimum Gasteiger partial charge on any atom is -0.455 e. The van der Waals surface area contributed by atoms with Gasteiger partial charge in [-0.25, -0.2) is 0 Å². The van der Waals surface area contributed by atoms with Crippen LogP contribution in [0.1, 0.15) is 34.3 Å². The fourth-order valence-electron chi connectivity index (χ4n) is 7.47. The van der Waals surface area contributed by atoms with Gasteiger partial charge in [0.15, 0.2) is 0 Å². The van der Waals surface area contributed by atoms with Crippen LogP contribution in [0.2, 0.25) is 0 Å². The van der Waals surface area contributed by atoms with Crippen molar-refractivity contribution in [3.8, 4) is 44.8 Å². The maximum Gasteiger partial charge on any atom is 0.143 e. The number of benzene rings is 9. The van der Waals surface area contributed by atoms with Crippen LogP contribution < -0.4 is 0 Å². The van der Waals surface area contributed by atoms with Crippen molar-refractivity contribution in [3.63, 3.8) is 0 Å². The van der Waals surface area contributed by atoms with Crippen molar-refractivity contribution >= 4 is 65.6 Å². The van der Waals surface area contributed by atoms with Crippen LogP contribution in [0.5, 0.6) is 0 Å². The lowest BCUT2D eigenvalue weighted by atomic mass is 10.0. The first-order valence-electron chi connectivity index (χ1n) is 30.0. The highest BCUT2D eigenvalue weighted by molar-refractivity contribution is 6.17. The van der Waals surface area contributed by atoms with E-state index in [9.17, 15) is 16.4 Å². The molecular weight excluding hydrogens is 693 g/mol. The summed E-state index contributed by atoms with van der Waals surface area (Å²) in [5.74, 6) is 0. The fraction of sp³-hybridized carbons (Fsp3) is 0.